The fourth-order valence-electron chi connectivity index (χ4n) is 8.05. The molecule has 3 aliphatic rings. The molecule has 0 fully saturated rings. The van der Waals surface area contributed by atoms with Gasteiger partial charge in [-0.1, -0.05) is 125 Å². The van der Waals surface area contributed by atoms with Crippen molar-refractivity contribution in [3.63, 3.8) is 0 Å². The Bertz CT molecular complexity index is 1950. The van der Waals surface area contributed by atoms with Gasteiger partial charge in [0.25, 0.3) is 0 Å². The number of fused-ring (bicyclic) bond motifs is 6. The first-order valence-electron chi connectivity index (χ1n) is 15.8. The van der Waals surface area contributed by atoms with Crippen molar-refractivity contribution in [2.24, 2.45) is 0 Å². The van der Waals surface area contributed by atoms with Gasteiger partial charge < -0.3 is 9.80 Å². The van der Waals surface area contributed by atoms with Gasteiger partial charge in [-0.2, -0.15) is 0 Å². The summed E-state index contributed by atoms with van der Waals surface area (Å²) >= 11 is 7.21. The van der Waals surface area contributed by atoms with Gasteiger partial charge in [0.2, 0.25) is 0 Å². The van der Waals surface area contributed by atoms with Gasteiger partial charge in [0.15, 0.2) is 0 Å². The summed E-state index contributed by atoms with van der Waals surface area (Å²) in [5.41, 5.74) is 8.82. The molecule has 0 saturated carbocycles. The number of alkyl halides is 1. The highest BCUT2D eigenvalue weighted by atomic mass is 35.5. The van der Waals surface area contributed by atoms with Gasteiger partial charge >= 0.3 is 0 Å². The van der Waals surface area contributed by atoms with Crippen LogP contribution in [0.25, 0.3) is 21.5 Å². The number of hydrogen-bond donors (Lipinski definition) is 0. The predicted octanol–water partition coefficient (Wildman–Crippen LogP) is 10.4. The summed E-state index contributed by atoms with van der Waals surface area (Å²) in [4.78, 5) is 4.88. The molecule has 222 valence electrons. The van der Waals surface area contributed by atoms with E-state index in [-0.39, 0.29) is 22.2 Å². The minimum Gasteiger partial charge on any atom is -0.367 e. The van der Waals surface area contributed by atoms with Crippen LogP contribution in [0.3, 0.4) is 0 Å². The van der Waals surface area contributed by atoms with Crippen molar-refractivity contribution >= 4 is 44.5 Å². The second kappa shape index (κ2) is 10.6. The molecule has 4 aromatic carbocycles. The number of nitrogens with zero attached hydrogens (tertiary/aromatic N) is 2. The molecule has 2 heterocycles. The topological polar surface area (TPSA) is 6.48 Å². The van der Waals surface area contributed by atoms with Crippen LogP contribution in [0.2, 0.25) is 0 Å². The lowest BCUT2D eigenvalue weighted by molar-refractivity contribution is 0.490. The Balaban J connectivity index is 1.18. The molecule has 1 aliphatic carbocycles. The zero-order valence-corrected chi connectivity index (χ0v) is 27.4. The van der Waals surface area contributed by atoms with E-state index >= 15 is 0 Å². The van der Waals surface area contributed by atoms with Crippen molar-refractivity contribution in [1.82, 2.24) is 0 Å². The molecule has 2 atom stereocenters. The first-order valence-corrected chi connectivity index (χ1v) is 16.3. The van der Waals surface area contributed by atoms with E-state index in [9.17, 15) is 0 Å². The Hall–Kier alpha value is -4.01. The van der Waals surface area contributed by atoms with Crippen LogP contribution in [-0.4, -0.2) is 25.0 Å². The predicted molar refractivity (Wildman–Crippen MR) is 191 cm³/mol. The van der Waals surface area contributed by atoms with Crippen LogP contribution in [0, 0.1) is 0 Å². The van der Waals surface area contributed by atoms with E-state index in [0.717, 1.165) is 17.7 Å². The molecule has 2 unspecified atom stereocenters. The molecule has 44 heavy (non-hydrogen) atoms. The maximum Gasteiger partial charge on any atom is 0.0835 e. The zero-order chi connectivity index (χ0) is 30.8. The second-order valence-electron chi connectivity index (χ2n) is 13.5. The van der Waals surface area contributed by atoms with Crippen LogP contribution in [0.5, 0.6) is 0 Å². The summed E-state index contributed by atoms with van der Waals surface area (Å²) in [7, 11) is 2.21. The van der Waals surface area contributed by atoms with Crippen LogP contribution < -0.4 is 9.80 Å². The Morgan fingerprint density at radius 1 is 0.795 bits per heavy atom. The van der Waals surface area contributed by atoms with E-state index < -0.39 is 0 Å². The van der Waals surface area contributed by atoms with Crippen LogP contribution in [0.4, 0.5) is 11.4 Å². The summed E-state index contributed by atoms with van der Waals surface area (Å²) in [6.45, 7) is 12.6. The number of anilines is 2. The van der Waals surface area contributed by atoms with Crippen LogP contribution in [-0.2, 0) is 10.8 Å². The zero-order valence-electron chi connectivity index (χ0n) is 26.6. The summed E-state index contributed by atoms with van der Waals surface area (Å²) in [5.74, 6) is 0. The standard InChI is InChI=1S/C41H41ClN2/c1-7-44-34-24-20-28-14-9-11-18-32(28)38(34)41(4,5)36(44)26-22-30-16-12-15-29(39(30)42)21-25-35-40(2,3)37-31-17-10-8-13-27(31)19-23-33(37)43(35)6/h8-26,35,39H,7H2,1-6H3/b25-21+,30-22+,36-26+. The van der Waals surface area contributed by atoms with Crippen molar-refractivity contribution in [2.75, 3.05) is 23.4 Å². The number of hydrogen-bond acceptors (Lipinski definition) is 2. The van der Waals surface area contributed by atoms with E-state index in [1.807, 2.05) is 0 Å². The lowest BCUT2D eigenvalue weighted by Gasteiger charge is -2.30. The SMILES string of the molecule is CCN1/C(=C/C=C2\C=CC=C(/C=C/C3N(C)c4ccc5ccccc5c4C3(C)C)C2Cl)C(C)(C)c2c1ccc1ccccc21. The molecule has 2 aliphatic heterocycles. The highest BCUT2D eigenvalue weighted by Crippen LogP contribution is 2.51. The maximum absolute atomic E-state index is 7.21. The normalized spacial score (nSPS) is 23.8. The molecule has 2 nitrogen and oxygen atoms in total. The first kappa shape index (κ1) is 28.7. The van der Waals surface area contributed by atoms with Crippen molar-refractivity contribution in [2.45, 2.75) is 56.9 Å². The molecular formula is C41H41ClN2. The van der Waals surface area contributed by atoms with E-state index in [4.69, 9.17) is 11.6 Å². The molecule has 0 bridgehead atoms. The van der Waals surface area contributed by atoms with Gasteiger partial charge in [-0.3, -0.25) is 0 Å². The number of rotatable bonds is 4. The lowest BCUT2D eigenvalue weighted by atomic mass is 9.78. The van der Waals surface area contributed by atoms with Crippen molar-refractivity contribution < 1.29 is 0 Å². The second-order valence-corrected chi connectivity index (χ2v) is 13.9. The fourth-order valence-corrected chi connectivity index (χ4v) is 8.34. The molecule has 0 radical (unpaired) electrons. The molecule has 0 aromatic heterocycles. The summed E-state index contributed by atoms with van der Waals surface area (Å²) in [6, 6.07) is 26.8. The van der Waals surface area contributed by atoms with Gasteiger partial charge in [0.1, 0.15) is 0 Å². The Kier molecular flexibility index (Phi) is 6.90. The molecule has 0 amide bonds. The summed E-state index contributed by atoms with van der Waals surface area (Å²) < 4.78 is 0. The molecular weight excluding hydrogens is 556 g/mol. The highest BCUT2D eigenvalue weighted by Gasteiger charge is 2.43. The minimum atomic E-state index is -0.214. The third kappa shape index (κ3) is 4.30. The fraction of sp³-hybridized carbons (Fsp3) is 0.268. The molecule has 0 N–H and O–H groups in total. The van der Waals surface area contributed by atoms with E-state index in [1.54, 1.807) is 0 Å². The molecule has 7 rings (SSSR count). The van der Waals surface area contributed by atoms with Crippen LogP contribution >= 0.6 is 11.6 Å². The monoisotopic (exact) mass is 596 g/mol. The van der Waals surface area contributed by atoms with Gasteiger partial charge in [-0.05, 0) is 69.0 Å². The van der Waals surface area contributed by atoms with Crippen LogP contribution in [0.15, 0.2) is 132 Å². The van der Waals surface area contributed by atoms with Crippen molar-refractivity contribution in [1.29, 1.82) is 0 Å². The number of allylic oxidation sites excluding steroid dienone is 9. The van der Waals surface area contributed by atoms with Gasteiger partial charge in [-0.25, -0.2) is 0 Å². The molecule has 0 spiro atoms. The Labute approximate surface area is 267 Å². The quantitative estimate of drug-likeness (QED) is 0.216. The average molecular weight is 597 g/mol. The minimum absolute atomic E-state index is 0.0474. The van der Waals surface area contributed by atoms with E-state index in [2.05, 4.69) is 167 Å². The number of likely N-dealkylation sites (N-methyl/N-ethyl adjacent to an activating group) is 2. The number of halogens is 1. The van der Waals surface area contributed by atoms with Crippen LogP contribution in [0.1, 0.15) is 45.7 Å². The first-order chi connectivity index (χ1) is 21.1. The smallest absolute Gasteiger partial charge is 0.0835 e. The average Bonchev–Trinajstić information content (AvgIpc) is 3.37. The van der Waals surface area contributed by atoms with E-state index in [0.29, 0.717) is 0 Å². The molecule has 0 saturated heterocycles. The maximum atomic E-state index is 7.21. The highest BCUT2D eigenvalue weighted by molar-refractivity contribution is 6.25. The van der Waals surface area contributed by atoms with Crippen molar-refractivity contribution in [3.8, 4) is 0 Å². The Morgan fingerprint density at radius 2 is 1.43 bits per heavy atom. The van der Waals surface area contributed by atoms with E-state index in [1.165, 1.54) is 49.7 Å². The van der Waals surface area contributed by atoms with Crippen molar-refractivity contribution in [3.05, 3.63) is 143 Å². The third-order valence-electron chi connectivity index (χ3n) is 10.2. The largest absolute Gasteiger partial charge is 0.367 e. The van der Waals surface area contributed by atoms with Gasteiger partial charge in [0, 0.05) is 41.5 Å². The number of benzene rings is 4. The molecule has 4 aromatic rings. The lowest BCUT2D eigenvalue weighted by Crippen LogP contribution is -2.37. The van der Waals surface area contributed by atoms with Gasteiger partial charge in [0.05, 0.1) is 11.4 Å². The third-order valence-corrected chi connectivity index (χ3v) is 10.7. The van der Waals surface area contributed by atoms with Gasteiger partial charge in [-0.15, -0.1) is 11.6 Å². The molecule has 3 heteroatoms. The Morgan fingerprint density at radius 3 is 2.11 bits per heavy atom. The summed E-state index contributed by atoms with van der Waals surface area (Å²) in [6.07, 6.45) is 15.6. The summed E-state index contributed by atoms with van der Waals surface area (Å²) in [5, 5.41) is 5.05.